The lowest BCUT2D eigenvalue weighted by Gasteiger charge is -2.35. The average molecular weight is 469 g/mol. The molecule has 1 aromatic carbocycles. The summed E-state index contributed by atoms with van der Waals surface area (Å²) in [6, 6.07) is 10.5. The molecule has 176 valence electrons. The molecular formula is C25H32N4O3S. The van der Waals surface area contributed by atoms with Crippen LogP contribution in [0.5, 0.6) is 0 Å². The first-order chi connectivity index (χ1) is 16.0. The van der Waals surface area contributed by atoms with Crippen LogP contribution >= 0.6 is 0 Å². The summed E-state index contributed by atoms with van der Waals surface area (Å²) in [4.78, 5) is 16.6. The zero-order chi connectivity index (χ0) is 22.8. The summed E-state index contributed by atoms with van der Waals surface area (Å²) in [6.45, 7) is 0.366. The molecule has 5 rings (SSSR count). The zero-order valence-corrected chi connectivity index (χ0v) is 19.6. The Morgan fingerprint density at radius 1 is 1.00 bits per heavy atom. The molecular weight excluding hydrogens is 436 g/mol. The van der Waals surface area contributed by atoms with Crippen LogP contribution in [0.4, 0.5) is 10.5 Å². The second-order valence-corrected chi connectivity index (χ2v) is 11.8. The van der Waals surface area contributed by atoms with E-state index in [9.17, 15) is 13.2 Å². The molecule has 0 radical (unpaired) electrons. The lowest BCUT2D eigenvalue weighted by atomic mass is 9.73. The fourth-order valence-electron chi connectivity index (χ4n) is 6.14. The number of nitrogens with zero attached hydrogens (tertiary/aromatic N) is 1. The molecule has 1 saturated heterocycles. The number of urea groups is 1. The molecule has 5 atom stereocenters. The van der Waals surface area contributed by atoms with E-state index >= 15 is 0 Å². The van der Waals surface area contributed by atoms with Gasteiger partial charge in [-0.05, 0) is 73.4 Å². The first kappa shape index (κ1) is 22.3. The van der Waals surface area contributed by atoms with Gasteiger partial charge in [0.2, 0.25) is 0 Å². The number of carbonyl (C=O) groups is 1. The normalized spacial score (nSPS) is 29.0. The van der Waals surface area contributed by atoms with Crippen molar-refractivity contribution in [1.82, 2.24) is 15.6 Å². The molecule has 33 heavy (non-hydrogen) atoms. The minimum absolute atomic E-state index is 0.0629. The van der Waals surface area contributed by atoms with Crippen molar-refractivity contribution in [3.8, 4) is 0 Å². The predicted molar refractivity (Wildman–Crippen MR) is 128 cm³/mol. The summed E-state index contributed by atoms with van der Waals surface area (Å²) >= 11 is 0. The number of sulfone groups is 1. The Kier molecular flexibility index (Phi) is 6.38. The summed E-state index contributed by atoms with van der Waals surface area (Å²) in [5.74, 6) is 1.12. The summed E-state index contributed by atoms with van der Waals surface area (Å²) in [6.07, 6.45) is 11.1. The zero-order valence-electron chi connectivity index (χ0n) is 18.7. The van der Waals surface area contributed by atoms with Crippen LogP contribution in [0.25, 0.3) is 0 Å². The largest absolute Gasteiger partial charge is 0.334 e. The van der Waals surface area contributed by atoms with E-state index in [1.54, 1.807) is 36.7 Å². The van der Waals surface area contributed by atoms with E-state index < -0.39 is 9.84 Å². The highest BCUT2D eigenvalue weighted by atomic mass is 32.2. The fourth-order valence-corrected chi connectivity index (χ4v) is 8.15. The number of benzene rings is 1. The van der Waals surface area contributed by atoms with E-state index in [-0.39, 0.29) is 17.3 Å². The van der Waals surface area contributed by atoms with Gasteiger partial charge in [0.15, 0.2) is 9.84 Å². The number of hydrogen-bond acceptors (Lipinski definition) is 5. The van der Waals surface area contributed by atoms with Gasteiger partial charge >= 0.3 is 6.03 Å². The molecule has 2 aromatic rings. The molecule has 1 aliphatic heterocycles. The van der Waals surface area contributed by atoms with Gasteiger partial charge in [-0.3, -0.25) is 4.98 Å². The van der Waals surface area contributed by atoms with Gasteiger partial charge in [0, 0.05) is 36.7 Å². The van der Waals surface area contributed by atoms with Gasteiger partial charge in [0.05, 0.1) is 10.1 Å². The van der Waals surface area contributed by atoms with Crippen molar-refractivity contribution in [3.63, 3.8) is 0 Å². The minimum atomic E-state index is -3.45. The Morgan fingerprint density at radius 2 is 1.79 bits per heavy atom. The molecule has 5 unspecified atom stereocenters. The minimum Gasteiger partial charge on any atom is -0.334 e. The number of pyridine rings is 1. The third kappa shape index (κ3) is 4.64. The molecule has 1 aromatic heterocycles. The van der Waals surface area contributed by atoms with E-state index in [1.807, 2.05) is 12.1 Å². The number of hydrogen-bond donors (Lipinski definition) is 3. The van der Waals surface area contributed by atoms with E-state index in [2.05, 4.69) is 20.9 Å². The molecule has 3 N–H and O–H groups in total. The van der Waals surface area contributed by atoms with Gasteiger partial charge in [-0.15, -0.1) is 0 Å². The van der Waals surface area contributed by atoms with E-state index in [0.717, 1.165) is 18.4 Å². The number of carbonyl (C=O) groups excluding carboxylic acids is 1. The molecule has 2 saturated carbocycles. The second kappa shape index (κ2) is 9.43. The molecule has 8 heteroatoms. The maximum absolute atomic E-state index is 13.6. The molecule has 0 bridgehead atoms. The van der Waals surface area contributed by atoms with Crippen LogP contribution in [-0.4, -0.2) is 36.8 Å². The molecule has 2 aliphatic carbocycles. The number of rotatable bonds is 5. The third-order valence-corrected chi connectivity index (χ3v) is 9.93. The summed E-state index contributed by atoms with van der Waals surface area (Å²) < 4.78 is 27.2. The van der Waals surface area contributed by atoms with Crippen molar-refractivity contribution in [2.24, 2.45) is 11.8 Å². The van der Waals surface area contributed by atoms with Gasteiger partial charge < -0.3 is 16.0 Å². The number of aromatic nitrogens is 1. The van der Waals surface area contributed by atoms with Gasteiger partial charge in [-0.25, -0.2) is 13.2 Å². The topological polar surface area (TPSA) is 100 Å². The smallest absolute Gasteiger partial charge is 0.319 e. The van der Waals surface area contributed by atoms with Crippen molar-refractivity contribution in [2.75, 3.05) is 5.32 Å². The number of nitrogens with one attached hydrogen (secondary N) is 3. The lowest BCUT2D eigenvalue weighted by Crippen LogP contribution is -2.47. The molecule has 0 spiro atoms. The van der Waals surface area contributed by atoms with Gasteiger partial charge in [-0.1, -0.05) is 25.3 Å². The monoisotopic (exact) mass is 468 g/mol. The summed E-state index contributed by atoms with van der Waals surface area (Å²) in [7, 11) is -3.45. The van der Waals surface area contributed by atoms with Crippen LogP contribution in [0.15, 0.2) is 53.7 Å². The average Bonchev–Trinajstić information content (AvgIpc) is 3.22. The van der Waals surface area contributed by atoms with Crippen LogP contribution in [0.2, 0.25) is 0 Å². The SMILES string of the molecule is O=C(NCc1cccnc1)Nc1ccc(S(=O)(=O)C2CCCC3C4CCCCC4NC32)cc1. The molecule has 7 nitrogen and oxygen atoms in total. The van der Waals surface area contributed by atoms with Gasteiger partial charge in [-0.2, -0.15) is 0 Å². The van der Waals surface area contributed by atoms with Crippen molar-refractivity contribution >= 4 is 21.6 Å². The first-order valence-electron chi connectivity index (χ1n) is 12.1. The third-order valence-electron chi connectivity index (χ3n) is 7.68. The van der Waals surface area contributed by atoms with Crippen molar-refractivity contribution in [3.05, 3.63) is 54.4 Å². The highest BCUT2D eigenvalue weighted by Gasteiger charge is 2.51. The molecule has 2 amide bonds. The van der Waals surface area contributed by atoms with E-state index in [1.165, 1.54) is 25.7 Å². The predicted octanol–water partition coefficient (Wildman–Crippen LogP) is 3.88. The van der Waals surface area contributed by atoms with Gasteiger partial charge in [0.1, 0.15) is 0 Å². The van der Waals surface area contributed by atoms with Crippen LogP contribution in [0.1, 0.15) is 50.5 Å². The highest BCUT2D eigenvalue weighted by Crippen LogP contribution is 2.46. The van der Waals surface area contributed by atoms with Crippen LogP contribution in [0, 0.1) is 11.8 Å². The van der Waals surface area contributed by atoms with Crippen molar-refractivity contribution in [1.29, 1.82) is 0 Å². The molecule has 2 heterocycles. The second-order valence-electron chi connectivity index (χ2n) is 9.62. The Bertz CT molecular complexity index is 1070. The molecule has 3 fully saturated rings. The number of fused-ring (bicyclic) bond motifs is 3. The van der Waals surface area contributed by atoms with Crippen LogP contribution in [0.3, 0.4) is 0 Å². The van der Waals surface area contributed by atoms with E-state index in [4.69, 9.17) is 0 Å². The van der Waals surface area contributed by atoms with Crippen LogP contribution < -0.4 is 16.0 Å². The van der Waals surface area contributed by atoms with Crippen LogP contribution in [-0.2, 0) is 16.4 Å². The quantitative estimate of drug-likeness (QED) is 0.618. The van der Waals surface area contributed by atoms with Crippen molar-refractivity contribution in [2.45, 2.75) is 73.7 Å². The highest BCUT2D eigenvalue weighted by molar-refractivity contribution is 7.92. The van der Waals surface area contributed by atoms with Crippen molar-refractivity contribution < 1.29 is 13.2 Å². The molecule has 3 aliphatic rings. The standard InChI is InChI=1S/C25H32N4O3S/c30-25(27-16-17-5-4-14-26-15-17)28-18-10-12-19(13-11-18)33(31,32)23-9-3-7-21-20-6-1-2-8-22(20)29-24(21)23/h4-5,10-15,20-24,29H,1-3,6-9,16H2,(H2,27,28,30). The van der Waals surface area contributed by atoms with E-state index in [0.29, 0.717) is 41.4 Å². The Hall–Kier alpha value is -2.45. The fraction of sp³-hybridized carbons (Fsp3) is 0.520. The Labute approximate surface area is 195 Å². The number of amides is 2. The maximum atomic E-state index is 13.6. The maximum Gasteiger partial charge on any atom is 0.319 e. The first-order valence-corrected chi connectivity index (χ1v) is 13.6. The summed E-state index contributed by atoms with van der Waals surface area (Å²) in [5, 5.41) is 8.91. The lowest BCUT2D eigenvalue weighted by molar-refractivity contribution is 0.232. The summed E-state index contributed by atoms with van der Waals surface area (Å²) in [5.41, 5.74) is 1.46. The Morgan fingerprint density at radius 3 is 2.58 bits per heavy atom. The Balaban J connectivity index is 1.24. The number of anilines is 1. The van der Waals surface area contributed by atoms with Gasteiger partial charge in [0.25, 0.3) is 0 Å².